The Morgan fingerprint density at radius 2 is 2.25 bits per heavy atom. The molecule has 2 rings (SSSR count). The summed E-state index contributed by atoms with van der Waals surface area (Å²) in [5.41, 5.74) is 0. The molecular weight excluding hydrogens is 228 g/mol. The number of nitrogens with zero attached hydrogens (tertiary/aromatic N) is 1. The molecule has 5 nitrogen and oxygen atoms in total. The molecule has 2 aliphatic heterocycles. The smallest absolute Gasteiger partial charge is 0.219 e. The van der Waals surface area contributed by atoms with E-state index >= 15 is 0 Å². The van der Waals surface area contributed by atoms with Crippen LogP contribution in [0.4, 0.5) is 0 Å². The molecule has 1 unspecified atom stereocenters. The summed E-state index contributed by atoms with van der Waals surface area (Å²) in [7, 11) is -3.15. The van der Waals surface area contributed by atoms with E-state index in [4.69, 9.17) is 4.74 Å². The molecule has 2 aliphatic rings. The summed E-state index contributed by atoms with van der Waals surface area (Å²) >= 11 is 0. The second-order valence-corrected chi connectivity index (χ2v) is 6.81. The number of nitrogens with one attached hydrogen (secondary N) is 1. The number of rotatable bonds is 2. The molecule has 2 fully saturated rings. The summed E-state index contributed by atoms with van der Waals surface area (Å²) in [5, 5.41) is 2.92. The van der Waals surface area contributed by atoms with E-state index in [9.17, 15) is 8.42 Å². The molecule has 2 atom stereocenters. The number of sulfonamides is 1. The van der Waals surface area contributed by atoms with Gasteiger partial charge in [-0.15, -0.1) is 0 Å². The van der Waals surface area contributed by atoms with E-state index in [1.807, 2.05) is 6.92 Å². The fourth-order valence-electron chi connectivity index (χ4n) is 2.28. The second kappa shape index (κ2) is 5.00. The largest absolute Gasteiger partial charge is 0.380 e. The molecule has 0 aliphatic carbocycles. The summed E-state index contributed by atoms with van der Waals surface area (Å²) in [6.07, 6.45) is 1.59. The van der Waals surface area contributed by atoms with Crippen LogP contribution in [0.3, 0.4) is 0 Å². The van der Waals surface area contributed by atoms with Crippen LogP contribution in [0, 0.1) is 0 Å². The summed E-state index contributed by atoms with van der Waals surface area (Å²) in [5.74, 6) is 0. The van der Waals surface area contributed by atoms with Crippen molar-refractivity contribution in [3.8, 4) is 0 Å². The lowest BCUT2D eigenvalue weighted by atomic mass is 10.2. The second-order valence-electron chi connectivity index (χ2n) is 4.60. The number of hydrogen-bond acceptors (Lipinski definition) is 4. The number of ether oxygens (including phenoxy) is 1. The van der Waals surface area contributed by atoms with Crippen LogP contribution in [-0.4, -0.2) is 56.9 Å². The zero-order chi connectivity index (χ0) is 11.6. The van der Waals surface area contributed by atoms with Crippen LogP contribution < -0.4 is 5.32 Å². The maximum atomic E-state index is 12.3. The van der Waals surface area contributed by atoms with Gasteiger partial charge in [0.15, 0.2) is 0 Å². The standard InChI is InChI=1S/C10H20N2O3S/c1-9-7-12(5-4-11-9)16(13,14)10-3-2-6-15-8-10/h9-11H,2-8H2,1H3/t9-,10?/m0/s1. The molecule has 16 heavy (non-hydrogen) atoms. The number of hydrogen-bond donors (Lipinski definition) is 1. The van der Waals surface area contributed by atoms with Crippen molar-refractivity contribution in [3.05, 3.63) is 0 Å². The Labute approximate surface area is 97.2 Å². The summed E-state index contributed by atoms with van der Waals surface area (Å²) in [4.78, 5) is 0. The van der Waals surface area contributed by atoms with Crippen molar-refractivity contribution in [2.24, 2.45) is 0 Å². The first-order valence-electron chi connectivity index (χ1n) is 5.91. The molecule has 0 amide bonds. The van der Waals surface area contributed by atoms with Gasteiger partial charge in [0.05, 0.1) is 11.9 Å². The van der Waals surface area contributed by atoms with Crippen molar-refractivity contribution in [1.29, 1.82) is 0 Å². The Balaban J connectivity index is 2.05. The van der Waals surface area contributed by atoms with E-state index in [1.165, 1.54) is 0 Å². The fraction of sp³-hybridized carbons (Fsp3) is 1.00. The minimum atomic E-state index is -3.15. The van der Waals surface area contributed by atoms with Gasteiger partial charge in [0.2, 0.25) is 10.0 Å². The van der Waals surface area contributed by atoms with Gasteiger partial charge < -0.3 is 10.1 Å². The molecule has 6 heteroatoms. The van der Waals surface area contributed by atoms with Gasteiger partial charge in [0.25, 0.3) is 0 Å². The molecule has 0 saturated carbocycles. The minimum absolute atomic E-state index is 0.244. The lowest BCUT2D eigenvalue weighted by molar-refractivity contribution is 0.0970. The molecule has 0 aromatic carbocycles. The average molecular weight is 248 g/mol. The van der Waals surface area contributed by atoms with Crippen molar-refractivity contribution in [3.63, 3.8) is 0 Å². The molecule has 2 saturated heterocycles. The third kappa shape index (κ3) is 2.56. The normalized spacial score (nSPS) is 33.8. The molecule has 0 bridgehead atoms. The predicted molar refractivity (Wildman–Crippen MR) is 61.8 cm³/mol. The van der Waals surface area contributed by atoms with Gasteiger partial charge in [-0.1, -0.05) is 0 Å². The van der Waals surface area contributed by atoms with Crippen LogP contribution >= 0.6 is 0 Å². The minimum Gasteiger partial charge on any atom is -0.380 e. The topological polar surface area (TPSA) is 58.6 Å². The average Bonchev–Trinajstić information content (AvgIpc) is 2.30. The molecule has 0 spiro atoms. The van der Waals surface area contributed by atoms with Gasteiger partial charge in [-0.05, 0) is 19.8 Å². The molecule has 94 valence electrons. The van der Waals surface area contributed by atoms with E-state index in [0.717, 1.165) is 19.4 Å². The highest BCUT2D eigenvalue weighted by molar-refractivity contribution is 7.89. The first-order valence-corrected chi connectivity index (χ1v) is 7.41. The van der Waals surface area contributed by atoms with Crippen LogP contribution in [0.25, 0.3) is 0 Å². The zero-order valence-electron chi connectivity index (χ0n) is 9.68. The van der Waals surface area contributed by atoms with Crippen LogP contribution in [0.15, 0.2) is 0 Å². The van der Waals surface area contributed by atoms with Gasteiger partial charge in [0.1, 0.15) is 0 Å². The van der Waals surface area contributed by atoms with Crippen molar-refractivity contribution >= 4 is 10.0 Å². The summed E-state index contributed by atoms with van der Waals surface area (Å²) in [6.45, 7) is 4.99. The highest BCUT2D eigenvalue weighted by Crippen LogP contribution is 2.19. The highest BCUT2D eigenvalue weighted by atomic mass is 32.2. The van der Waals surface area contributed by atoms with E-state index in [-0.39, 0.29) is 11.3 Å². The Kier molecular flexibility index (Phi) is 3.84. The fourth-order valence-corrected chi connectivity index (χ4v) is 4.22. The first kappa shape index (κ1) is 12.3. The Bertz CT molecular complexity index is 325. The zero-order valence-corrected chi connectivity index (χ0v) is 10.5. The monoisotopic (exact) mass is 248 g/mol. The Morgan fingerprint density at radius 1 is 1.44 bits per heavy atom. The first-order chi connectivity index (χ1) is 7.60. The van der Waals surface area contributed by atoms with Crippen LogP contribution in [0.5, 0.6) is 0 Å². The van der Waals surface area contributed by atoms with Gasteiger partial charge in [-0.3, -0.25) is 0 Å². The van der Waals surface area contributed by atoms with Gasteiger partial charge in [-0.25, -0.2) is 8.42 Å². The molecule has 2 heterocycles. The van der Waals surface area contributed by atoms with Gasteiger partial charge >= 0.3 is 0 Å². The van der Waals surface area contributed by atoms with E-state index < -0.39 is 10.0 Å². The molecule has 0 aromatic rings. The number of piperazine rings is 1. The quantitative estimate of drug-likeness (QED) is 0.734. The SMILES string of the molecule is C[C@H]1CN(S(=O)(=O)C2CCCOC2)CCN1. The highest BCUT2D eigenvalue weighted by Gasteiger charge is 2.35. The molecule has 0 radical (unpaired) electrons. The molecule has 0 aromatic heterocycles. The molecule has 1 N–H and O–H groups in total. The van der Waals surface area contributed by atoms with Crippen LogP contribution in [0.2, 0.25) is 0 Å². The third-order valence-electron chi connectivity index (χ3n) is 3.23. The maximum absolute atomic E-state index is 12.3. The maximum Gasteiger partial charge on any atom is 0.219 e. The van der Waals surface area contributed by atoms with Crippen molar-refractivity contribution < 1.29 is 13.2 Å². The summed E-state index contributed by atoms with van der Waals surface area (Å²) in [6, 6.07) is 0.244. The third-order valence-corrected chi connectivity index (χ3v) is 5.50. The van der Waals surface area contributed by atoms with Crippen LogP contribution in [0.1, 0.15) is 19.8 Å². The lowest BCUT2D eigenvalue weighted by Gasteiger charge is -2.34. The van der Waals surface area contributed by atoms with Crippen molar-refractivity contribution in [2.75, 3.05) is 32.8 Å². The lowest BCUT2D eigenvalue weighted by Crippen LogP contribution is -2.54. The van der Waals surface area contributed by atoms with Crippen molar-refractivity contribution in [2.45, 2.75) is 31.1 Å². The van der Waals surface area contributed by atoms with E-state index in [0.29, 0.717) is 26.3 Å². The van der Waals surface area contributed by atoms with Gasteiger partial charge in [-0.2, -0.15) is 4.31 Å². The summed E-state index contributed by atoms with van der Waals surface area (Å²) < 4.78 is 31.5. The van der Waals surface area contributed by atoms with Gasteiger partial charge in [0, 0.05) is 32.3 Å². The van der Waals surface area contributed by atoms with Crippen molar-refractivity contribution in [1.82, 2.24) is 9.62 Å². The van der Waals surface area contributed by atoms with E-state index in [1.54, 1.807) is 4.31 Å². The Hall–Kier alpha value is -0.170. The van der Waals surface area contributed by atoms with Crippen LogP contribution in [-0.2, 0) is 14.8 Å². The van der Waals surface area contributed by atoms with E-state index in [2.05, 4.69) is 5.32 Å². The Morgan fingerprint density at radius 3 is 2.88 bits per heavy atom. The molecular formula is C10H20N2O3S. The predicted octanol–water partition coefficient (Wildman–Crippen LogP) is -0.211.